The molecule has 1 aliphatic rings. The number of rotatable bonds is 7. The number of halogens is 7. The fourth-order valence-corrected chi connectivity index (χ4v) is 5.67. The molecule has 2 heterocycles. The molecular formula is C24H24F7N3O2S. The Bertz CT molecular complexity index is 1440. The molecule has 1 fully saturated rings. The topological polar surface area (TPSA) is 64.0 Å². The minimum Gasteiger partial charge on any atom is -0.332 e. The van der Waals surface area contributed by atoms with Gasteiger partial charge in [0, 0.05) is 29.3 Å². The van der Waals surface area contributed by atoms with Gasteiger partial charge in [0.1, 0.15) is 29.0 Å². The van der Waals surface area contributed by atoms with Crippen LogP contribution in [0, 0.1) is 17.0 Å². The number of hydrogen-bond acceptors (Lipinski definition) is 3. The van der Waals surface area contributed by atoms with Crippen LogP contribution in [0.15, 0.2) is 30.5 Å². The van der Waals surface area contributed by atoms with Crippen LogP contribution in [-0.2, 0) is 22.7 Å². The summed E-state index contributed by atoms with van der Waals surface area (Å²) < 4.78 is 126. The third-order valence-corrected chi connectivity index (χ3v) is 7.79. The van der Waals surface area contributed by atoms with Crippen LogP contribution in [-0.4, -0.2) is 29.6 Å². The number of fused-ring (bicyclic) bond motifs is 1. The van der Waals surface area contributed by atoms with E-state index in [0.29, 0.717) is 12.8 Å². The van der Waals surface area contributed by atoms with Crippen LogP contribution >= 0.6 is 0 Å². The van der Waals surface area contributed by atoms with Crippen molar-refractivity contribution in [1.82, 2.24) is 14.3 Å². The fourth-order valence-electron chi connectivity index (χ4n) is 4.14. The molecule has 1 aromatic carbocycles. The lowest BCUT2D eigenvalue weighted by Gasteiger charge is -2.20. The van der Waals surface area contributed by atoms with Gasteiger partial charge in [-0.1, -0.05) is 20.8 Å². The number of aromatic nitrogens is 2. The molecule has 0 aliphatic heterocycles. The Balaban J connectivity index is 1.95. The second-order valence-electron chi connectivity index (χ2n) is 10.3. The predicted octanol–water partition coefficient (Wildman–Crippen LogP) is 6.43. The average molecular weight is 552 g/mol. The monoisotopic (exact) mass is 551 g/mol. The van der Waals surface area contributed by atoms with Gasteiger partial charge in [0.15, 0.2) is 0 Å². The maximum absolute atomic E-state index is 15.3. The van der Waals surface area contributed by atoms with E-state index in [2.05, 4.69) is 4.98 Å². The summed E-state index contributed by atoms with van der Waals surface area (Å²) in [5.74, 6) is -2.45. The molecule has 1 N–H and O–H groups in total. The van der Waals surface area contributed by atoms with Gasteiger partial charge in [-0.25, -0.2) is 35.7 Å². The third kappa shape index (κ3) is 5.77. The van der Waals surface area contributed by atoms with Gasteiger partial charge in [0.2, 0.25) is 10.0 Å². The largest absolute Gasteiger partial charge is 0.417 e. The molecular weight excluding hydrogens is 527 g/mol. The van der Waals surface area contributed by atoms with Crippen LogP contribution in [0.4, 0.5) is 30.7 Å². The lowest BCUT2D eigenvalue weighted by atomic mass is 9.97. The number of nitrogens with zero attached hydrogens (tertiary/aromatic N) is 2. The molecule has 0 spiro atoms. The molecule has 13 heteroatoms. The van der Waals surface area contributed by atoms with Crippen molar-refractivity contribution in [3.05, 3.63) is 53.2 Å². The van der Waals surface area contributed by atoms with E-state index in [-0.39, 0.29) is 29.2 Å². The summed E-state index contributed by atoms with van der Waals surface area (Å²) in [6.45, 7) is 5.57. The van der Waals surface area contributed by atoms with Gasteiger partial charge in [0.25, 0.3) is 6.43 Å². The van der Waals surface area contributed by atoms with Gasteiger partial charge in [-0.3, -0.25) is 0 Å². The lowest BCUT2D eigenvalue weighted by Crippen LogP contribution is -2.35. The molecule has 202 valence electrons. The summed E-state index contributed by atoms with van der Waals surface area (Å²) in [7, 11) is -4.08. The highest BCUT2D eigenvalue weighted by atomic mass is 32.2. The minimum atomic E-state index is -5.03. The summed E-state index contributed by atoms with van der Waals surface area (Å²) in [6.07, 6.45) is -6.36. The summed E-state index contributed by atoms with van der Waals surface area (Å²) in [5, 5.41) is -0.970. The van der Waals surface area contributed by atoms with E-state index in [0.717, 1.165) is 18.2 Å². The van der Waals surface area contributed by atoms with E-state index in [1.807, 2.05) is 25.5 Å². The van der Waals surface area contributed by atoms with Gasteiger partial charge in [0.05, 0.1) is 10.8 Å². The second-order valence-corrected chi connectivity index (χ2v) is 12.3. The lowest BCUT2D eigenvalue weighted by molar-refractivity contribution is -0.137. The van der Waals surface area contributed by atoms with Crippen LogP contribution in [0.2, 0.25) is 0 Å². The quantitative estimate of drug-likeness (QED) is 0.344. The van der Waals surface area contributed by atoms with E-state index < -0.39 is 67.8 Å². The Labute approximate surface area is 208 Å². The van der Waals surface area contributed by atoms with Crippen molar-refractivity contribution < 1.29 is 39.2 Å². The van der Waals surface area contributed by atoms with Crippen LogP contribution in [0.5, 0.6) is 0 Å². The first-order valence-corrected chi connectivity index (χ1v) is 12.9. The first kappa shape index (κ1) is 27.4. The standard InChI is InChI=1S/C24H24F7N3O2S/c1-23(2,3)11-34-10-16(20(21(27)28)33-37(35,36)13-5-6-13)15-9-18(26)19(32-22(15)34)14-7-4-12(25)8-17(14)24(29,30)31/h4,7-10,13,20-21,33H,5-6,11H2,1-3H3. The number of alkyl halides is 5. The van der Waals surface area contributed by atoms with Gasteiger partial charge in [-0.05, 0) is 42.5 Å². The Morgan fingerprint density at radius 2 is 1.76 bits per heavy atom. The zero-order chi connectivity index (χ0) is 27.5. The van der Waals surface area contributed by atoms with Crippen molar-refractivity contribution >= 4 is 21.1 Å². The Kier molecular flexibility index (Phi) is 6.85. The highest BCUT2D eigenvalue weighted by molar-refractivity contribution is 7.90. The molecule has 1 saturated carbocycles. The summed E-state index contributed by atoms with van der Waals surface area (Å²) in [4.78, 5) is 4.08. The van der Waals surface area contributed by atoms with E-state index in [1.165, 1.54) is 10.8 Å². The molecule has 37 heavy (non-hydrogen) atoms. The number of hydrogen-bond donors (Lipinski definition) is 1. The normalized spacial score (nSPS) is 16.1. The molecule has 2 aromatic heterocycles. The third-order valence-electron chi connectivity index (χ3n) is 5.86. The summed E-state index contributed by atoms with van der Waals surface area (Å²) in [6, 6.07) is 0.433. The zero-order valence-corrected chi connectivity index (χ0v) is 20.8. The average Bonchev–Trinajstić information content (AvgIpc) is 3.56. The number of pyridine rings is 1. The van der Waals surface area contributed by atoms with E-state index in [9.17, 15) is 34.8 Å². The maximum atomic E-state index is 15.3. The molecule has 0 radical (unpaired) electrons. The highest BCUT2D eigenvalue weighted by Crippen LogP contribution is 2.40. The molecule has 5 nitrogen and oxygen atoms in total. The second kappa shape index (κ2) is 9.26. The van der Waals surface area contributed by atoms with Crippen LogP contribution in [0.25, 0.3) is 22.3 Å². The van der Waals surface area contributed by atoms with Gasteiger partial charge < -0.3 is 4.57 Å². The number of sulfonamides is 1. The van der Waals surface area contributed by atoms with Gasteiger partial charge >= 0.3 is 6.18 Å². The Morgan fingerprint density at radius 3 is 2.30 bits per heavy atom. The molecule has 1 unspecified atom stereocenters. The number of benzene rings is 1. The van der Waals surface area contributed by atoms with Crippen molar-refractivity contribution in [2.45, 2.75) is 64.1 Å². The molecule has 0 saturated heterocycles. The fraction of sp³-hybridized carbons (Fsp3) is 0.458. The van der Waals surface area contributed by atoms with Gasteiger partial charge in [-0.2, -0.15) is 13.2 Å². The molecule has 3 aromatic rings. The summed E-state index contributed by atoms with van der Waals surface area (Å²) in [5.41, 5.74) is -3.76. The van der Waals surface area contributed by atoms with E-state index in [1.54, 1.807) is 0 Å². The predicted molar refractivity (Wildman–Crippen MR) is 123 cm³/mol. The van der Waals surface area contributed by atoms with Gasteiger partial charge in [-0.15, -0.1) is 0 Å². The van der Waals surface area contributed by atoms with Crippen LogP contribution < -0.4 is 4.72 Å². The number of nitrogens with one attached hydrogen (secondary N) is 1. The first-order valence-electron chi connectivity index (χ1n) is 11.3. The molecule has 4 rings (SSSR count). The minimum absolute atomic E-state index is 0.116. The van der Waals surface area contributed by atoms with E-state index in [4.69, 9.17) is 0 Å². The van der Waals surface area contributed by atoms with Crippen molar-refractivity contribution in [2.24, 2.45) is 5.41 Å². The maximum Gasteiger partial charge on any atom is 0.417 e. The van der Waals surface area contributed by atoms with Crippen molar-refractivity contribution in [3.8, 4) is 11.3 Å². The SMILES string of the molecule is CC(C)(C)Cn1cc(C(NS(=O)(=O)C2CC2)C(F)F)c2cc(F)c(-c3ccc(F)cc3C(F)(F)F)nc21. The van der Waals surface area contributed by atoms with Crippen LogP contribution in [0.1, 0.15) is 50.8 Å². The van der Waals surface area contributed by atoms with Crippen molar-refractivity contribution in [2.75, 3.05) is 0 Å². The molecule has 1 aliphatic carbocycles. The Morgan fingerprint density at radius 1 is 1.11 bits per heavy atom. The van der Waals surface area contributed by atoms with Crippen LogP contribution in [0.3, 0.4) is 0 Å². The van der Waals surface area contributed by atoms with Crippen molar-refractivity contribution in [1.29, 1.82) is 0 Å². The highest BCUT2D eigenvalue weighted by Gasteiger charge is 2.40. The smallest absolute Gasteiger partial charge is 0.332 e. The first-order chi connectivity index (χ1) is 17.0. The molecule has 0 bridgehead atoms. The molecule has 1 atom stereocenters. The summed E-state index contributed by atoms with van der Waals surface area (Å²) >= 11 is 0. The van der Waals surface area contributed by atoms with Crippen molar-refractivity contribution in [3.63, 3.8) is 0 Å². The Hall–Kier alpha value is -2.67. The zero-order valence-electron chi connectivity index (χ0n) is 20.0. The van der Waals surface area contributed by atoms with E-state index >= 15 is 4.39 Å². The molecule has 0 amide bonds.